The molecule has 3 rings (SSSR count). The van der Waals surface area contributed by atoms with Crippen molar-refractivity contribution in [2.75, 3.05) is 43.6 Å². The second-order valence-electron chi connectivity index (χ2n) is 9.50. The van der Waals surface area contributed by atoms with Crippen LogP contribution in [0.2, 0.25) is 0 Å². The molecule has 214 valence electrons. The molecule has 0 saturated heterocycles. The smallest absolute Gasteiger partial charge is 0.416 e. The average molecular weight is 573 g/mol. The van der Waals surface area contributed by atoms with Crippen LogP contribution in [0.3, 0.4) is 0 Å². The van der Waals surface area contributed by atoms with Crippen molar-refractivity contribution in [2.45, 2.75) is 32.2 Å². The molecule has 0 unspecified atom stereocenters. The number of anilines is 2. The van der Waals surface area contributed by atoms with Crippen molar-refractivity contribution in [2.24, 2.45) is 5.92 Å². The number of alkyl halides is 3. The minimum absolute atomic E-state index is 0.00124. The van der Waals surface area contributed by atoms with Crippen molar-refractivity contribution in [3.05, 3.63) is 53.6 Å². The summed E-state index contributed by atoms with van der Waals surface area (Å²) in [6.45, 7) is 3.26. The van der Waals surface area contributed by atoms with Gasteiger partial charge >= 0.3 is 12.2 Å². The highest BCUT2D eigenvalue weighted by molar-refractivity contribution is 7.88. The lowest BCUT2D eigenvalue weighted by Crippen LogP contribution is -2.50. The fourth-order valence-corrected chi connectivity index (χ4v) is 4.39. The molecule has 3 N–H and O–H groups in total. The second kappa shape index (κ2) is 11.8. The Labute approximate surface area is 224 Å². The molecule has 0 fully saturated rings. The maximum absolute atomic E-state index is 13.5. The number of aliphatic hydroxyl groups excluding tert-OH is 1. The van der Waals surface area contributed by atoms with Gasteiger partial charge in [-0.15, -0.1) is 0 Å². The minimum atomic E-state index is -4.52. The number of hydrogen-bond acceptors (Lipinski definition) is 6. The van der Waals surface area contributed by atoms with Crippen LogP contribution in [-0.2, 0) is 16.2 Å². The van der Waals surface area contributed by atoms with E-state index in [1.54, 1.807) is 13.8 Å². The summed E-state index contributed by atoms with van der Waals surface area (Å²) in [6.07, 6.45) is -4.21. The summed E-state index contributed by atoms with van der Waals surface area (Å²) in [5.74, 6) is -0.840. The predicted molar refractivity (Wildman–Crippen MR) is 139 cm³/mol. The molecule has 0 aromatic heterocycles. The summed E-state index contributed by atoms with van der Waals surface area (Å²) in [4.78, 5) is 27.7. The number of rotatable bonds is 7. The van der Waals surface area contributed by atoms with Gasteiger partial charge in [0.25, 0.3) is 5.91 Å². The third-order valence-corrected chi connectivity index (χ3v) is 7.69. The number of amides is 3. The molecule has 0 bridgehead atoms. The van der Waals surface area contributed by atoms with Gasteiger partial charge in [0.15, 0.2) is 5.75 Å². The number of urea groups is 1. The Morgan fingerprint density at radius 1 is 1.21 bits per heavy atom. The standard InChI is InChI=1S/C25H31F3N4O6S/c1-15-12-32(16(2)14-33)23(34)19-6-5-7-20(22(19)38-21(15)13-31(3)39(4,36)37)30-24(35)29-18-10-8-17(9-11-18)25(26,27)28/h5-11,15-16,21,33H,12-14H2,1-4H3,(H2,29,30,35)/t15-,16-,21+/m0/s1. The van der Waals surface area contributed by atoms with E-state index < -0.39 is 45.8 Å². The highest BCUT2D eigenvalue weighted by Crippen LogP contribution is 2.35. The molecule has 2 aromatic carbocycles. The van der Waals surface area contributed by atoms with Crippen molar-refractivity contribution in [3.8, 4) is 5.75 Å². The lowest BCUT2D eigenvalue weighted by molar-refractivity contribution is -0.137. The molecule has 1 aliphatic heterocycles. The highest BCUT2D eigenvalue weighted by atomic mass is 32.2. The van der Waals surface area contributed by atoms with Crippen LogP contribution in [0.25, 0.3) is 0 Å². The van der Waals surface area contributed by atoms with Crippen LogP contribution in [0, 0.1) is 5.92 Å². The highest BCUT2D eigenvalue weighted by Gasteiger charge is 2.35. The maximum Gasteiger partial charge on any atom is 0.416 e. The van der Waals surface area contributed by atoms with Gasteiger partial charge in [0.1, 0.15) is 6.10 Å². The summed E-state index contributed by atoms with van der Waals surface area (Å²) >= 11 is 0. The van der Waals surface area contributed by atoms with E-state index in [1.165, 1.54) is 30.1 Å². The van der Waals surface area contributed by atoms with Crippen LogP contribution in [0.1, 0.15) is 29.8 Å². The van der Waals surface area contributed by atoms with Crippen LogP contribution in [0.5, 0.6) is 5.75 Å². The largest absolute Gasteiger partial charge is 0.486 e. The number of ether oxygens (including phenoxy) is 1. The van der Waals surface area contributed by atoms with Crippen LogP contribution in [0.15, 0.2) is 42.5 Å². The average Bonchev–Trinajstić information content (AvgIpc) is 2.85. The second-order valence-corrected chi connectivity index (χ2v) is 11.6. The van der Waals surface area contributed by atoms with Crippen LogP contribution in [0.4, 0.5) is 29.3 Å². The molecular formula is C25H31F3N4O6S. The normalized spacial score (nSPS) is 19.0. The van der Waals surface area contributed by atoms with E-state index in [4.69, 9.17) is 4.74 Å². The zero-order chi connectivity index (χ0) is 29.1. The molecule has 0 saturated carbocycles. The quantitative estimate of drug-likeness (QED) is 0.466. The van der Waals surface area contributed by atoms with E-state index in [0.717, 1.165) is 34.8 Å². The van der Waals surface area contributed by atoms with E-state index in [-0.39, 0.29) is 48.3 Å². The van der Waals surface area contributed by atoms with E-state index >= 15 is 0 Å². The summed E-state index contributed by atoms with van der Waals surface area (Å²) < 4.78 is 70.0. The first kappa shape index (κ1) is 30.2. The number of halogens is 3. The molecule has 0 aliphatic carbocycles. The van der Waals surface area contributed by atoms with Crippen LogP contribution >= 0.6 is 0 Å². The molecule has 0 radical (unpaired) electrons. The molecule has 0 spiro atoms. The van der Waals surface area contributed by atoms with Crippen molar-refractivity contribution in [1.29, 1.82) is 0 Å². The number of fused-ring (bicyclic) bond motifs is 1. The molecule has 1 heterocycles. The number of para-hydroxylation sites is 1. The van der Waals surface area contributed by atoms with Crippen molar-refractivity contribution in [1.82, 2.24) is 9.21 Å². The van der Waals surface area contributed by atoms with Crippen molar-refractivity contribution >= 4 is 33.3 Å². The van der Waals surface area contributed by atoms with Gasteiger partial charge in [0.2, 0.25) is 10.0 Å². The van der Waals surface area contributed by atoms with Gasteiger partial charge in [-0.25, -0.2) is 17.5 Å². The Morgan fingerprint density at radius 2 is 1.85 bits per heavy atom. The van der Waals surface area contributed by atoms with Gasteiger partial charge in [-0.05, 0) is 43.3 Å². The summed E-state index contributed by atoms with van der Waals surface area (Å²) in [7, 11) is -2.17. The lowest BCUT2D eigenvalue weighted by Gasteiger charge is -2.38. The summed E-state index contributed by atoms with van der Waals surface area (Å²) in [5.41, 5.74) is -0.601. The molecule has 14 heteroatoms. The third-order valence-electron chi connectivity index (χ3n) is 6.41. The number of aliphatic hydroxyl groups is 1. The van der Waals surface area contributed by atoms with Gasteiger partial charge in [-0.2, -0.15) is 13.2 Å². The Hall–Kier alpha value is -3.36. The number of likely N-dealkylation sites (N-methyl/N-ethyl adjacent to an activating group) is 1. The number of carbonyl (C=O) groups excluding carboxylic acids is 2. The van der Waals surface area contributed by atoms with Crippen molar-refractivity contribution < 1.29 is 41.0 Å². The number of sulfonamides is 1. The first-order valence-electron chi connectivity index (χ1n) is 12.0. The van der Waals surface area contributed by atoms with E-state index in [9.17, 15) is 36.3 Å². The Morgan fingerprint density at radius 3 is 2.41 bits per heavy atom. The Balaban J connectivity index is 1.95. The third kappa shape index (κ3) is 7.40. The van der Waals surface area contributed by atoms with Crippen LogP contribution < -0.4 is 15.4 Å². The minimum Gasteiger partial charge on any atom is -0.486 e. The Bertz CT molecular complexity index is 1300. The Kier molecular flexibility index (Phi) is 9.13. The molecule has 10 nitrogen and oxygen atoms in total. The molecular weight excluding hydrogens is 541 g/mol. The molecule has 3 atom stereocenters. The zero-order valence-electron chi connectivity index (χ0n) is 21.8. The molecule has 39 heavy (non-hydrogen) atoms. The van der Waals surface area contributed by atoms with Crippen molar-refractivity contribution in [3.63, 3.8) is 0 Å². The fraction of sp³-hybridized carbons (Fsp3) is 0.440. The van der Waals surface area contributed by atoms with Crippen LogP contribution in [-0.4, -0.2) is 79.8 Å². The maximum atomic E-state index is 13.5. The SMILES string of the molecule is C[C@H]1CN([C@@H](C)CO)C(=O)c2cccc(NC(=O)Nc3ccc(C(F)(F)F)cc3)c2O[C@@H]1CN(C)S(C)(=O)=O. The lowest BCUT2D eigenvalue weighted by atomic mass is 9.99. The van der Waals surface area contributed by atoms with E-state index in [2.05, 4.69) is 10.6 Å². The molecule has 3 amide bonds. The number of carbonyl (C=O) groups is 2. The summed E-state index contributed by atoms with van der Waals surface area (Å²) in [6, 6.07) is 6.98. The topological polar surface area (TPSA) is 128 Å². The first-order chi connectivity index (χ1) is 18.1. The number of hydrogen-bond donors (Lipinski definition) is 3. The number of nitrogens with zero attached hydrogens (tertiary/aromatic N) is 2. The number of benzene rings is 2. The van der Waals surface area contributed by atoms with Gasteiger partial charge in [-0.3, -0.25) is 4.79 Å². The predicted octanol–water partition coefficient (Wildman–Crippen LogP) is 3.46. The first-order valence-corrected chi connectivity index (χ1v) is 13.8. The number of nitrogens with one attached hydrogen (secondary N) is 2. The van der Waals surface area contributed by atoms with E-state index in [1.807, 2.05) is 0 Å². The van der Waals surface area contributed by atoms with Gasteiger partial charge in [-0.1, -0.05) is 13.0 Å². The molecule has 2 aromatic rings. The monoisotopic (exact) mass is 572 g/mol. The van der Waals surface area contributed by atoms with Gasteiger partial charge in [0, 0.05) is 25.2 Å². The van der Waals surface area contributed by atoms with Gasteiger partial charge < -0.3 is 25.4 Å². The fourth-order valence-electron chi connectivity index (χ4n) is 3.98. The zero-order valence-corrected chi connectivity index (χ0v) is 22.6. The van der Waals surface area contributed by atoms with Gasteiger partial charge in [0.05, 0.1) is 42.3 Å². The summed E-state index contributed by atoms with van der Waals surface area (Å²) in [5, 5.41) is 14.7. The van der Waals surface area contributed by atoms with E-state index in [0.29, 0.717) is 0 Å². The molecule has 1 aliphatic rings.